The van der Waals surface area contributed by atoms with E-state index in [0.29, 0.717) is 30.1 Å². The first-order valence-electron chi connectivity index (χ1n) is 9.73. The fourth-order valence-corrected chi connectivity index (χ4v) is 4.69. The van der Waals surface area contributed by atoms with E-state index in [1.807, 2.05) is 28.8 Å². The van der Waals surface area contributed by atoms with Crippen LogP contribution in [0.15, 0.2) is 47.4 Å². The zero-order valence-electron chi connectivity index (χ0n) is 15.3. The number of fused-ring (bicyclic) bond motifs is 3. The molecule has 140 valence electrons. The number of hydrogen-bond acceptors (Lipinski definition) is 6. The fourth-order valence-electron chi connectivity index (χ4n) is 4.69. The maximum absolute atomic E-state index is 6.22. The lowest BCUT2D eigenvalue weighted by Crippen LogP contribution is -2.25. The van der Waals surface area contributed by atoms with Crippen LogP contribution in [0.4, 0.5) is 0 Å². The average molecular weight is 373 g/mol. The van der Waals surface area contributed by atoms with Crippen molar-refractivity contribution in [1.82, 2.24) is 24.8 Å². The van der Waals surface area contributed by atoms with Gasteiger partial charge in [0.1, 0.15) is 12.9 Å². The smallest absolute Gasteiger partial charge is 0.236 e. The molecule has 4 heterocycles. The molecule has 0 spiro atoms. The van der Waals surface area contributed by atoms with Crippen LogP contribution in [0.25, 0.3) is 17.0 Å². The van der Waals surface area contributed by atoms with Crippen LogP contribution in [0.2, 0.25) is 0 Å². The van der Waals surface area contributed by atoms with E-state index in [1.54, 1.807) is 18.7 Å². The van der Waals surface area contributed by atoms with Gasteiger partial charge in [-0.15, -0.1) is 15.3 Å². The minimum absolute atomic E-state index is 0.395. The Hall–Kier alpha value is -3.22. The molecule has 0 atom stereocenters. The van der Waals surface area contributed by atoms with Crippen molar-refractivity contribution in [2.75, 3.05) is 0 Å². The van der Waals surface area contributed by atoms with Crippen molar-refractivity contribution in [3.8, 4) is 17.3 Å². The standard InChI is InChI=1S/C21H19N5O2/c1-2-9-22-16(3-1)12-28-21-18-14-6-4-13(5-7-14)17(18)20-24-23-19(26(20)25-21)15-8-10-27-11-15/h1-3,8-11,13-14H,4-7,12H2. The summed E-state index contributed by atoms with van der Waals surface area (Å²) in [5.41, 5.74) is 5.10. The first-order chi connectivity index (χ1) is 13.9. The van der Waals surface area contributed by atoms with Crippen LogP contribution in [0, 0.1) is 0 Å². The second-order valence-electron chi connectivity index (χ2n) is 7.56. The summed E-state index contributed by atoms with van der Waals surface area (Å²) in [6.45, 7) is 0.395. The van der Waals surface area contributed by atoms with Crippen LogP contribution < -0.4 is 4.74 Å². The van der Waals surface area contributed by atoms with Crippen molar-refractivity contribution in [2.24, 2.45) is 0 Å². The Morgan fingerprint density at radius 3 is 2.64 bits per heavy atom. The molecule has 0 aliphatic heterocycles. The van der Waals surface area contributed by atoms with Crippen LogP contribution in [-0.2, 0) is 6.61 Å². The van der Waals surface area contributed by atoms with Crippen molar-refractivity contribution in [1.29, 1.82) is 0 Å². The van der Waals surface area contributed by atoms with E-state index in [0.717, 1.165) is 16.9 Å². The Morgan fingerprint density at radius 1 is 1.04 bits per heavy atom. The van der Waals surface area contributed by atoms with Gasteiger partial charge in [-0.25, -0.2) is 0 Å². The van der Waals surface area contributed by atoms with E-state index in [9.17, 15) is 0 Å². The lowest BCUT2D eigenvalue weighted by molar-refractivity contribution is 0.265. The number of rotatable bonds is 4. The van der Waals surface area contributed by atoms with E-state index in [-0.39, 0.29) is 0 Å². The molecule has 28 heavy (non-hydrogen) atoms. The van der Waals surface area contributed by atoms with Gasteiger partial charge in [0.25, 0.3) is 0 Å². The van der Waals surface area contributed by atoms with Crippen molar-refractivity contribution < 1.29 is 9.15 Å². The normalized spacial score (nSPS) is 20.4. The van der Waals surface area contributed by atoms with Gasteiger partial charge in [0, 0.05) is 17.3 Å². The van der Waals surface area contributed by atoms with E-state index in [4.69, 9.17) is 14.3 Å². The number of hydrogen-bond donors (Lipinski definition) is 0. The highest BCUT2D eigenvalue weighted by Gasteiger charge is 2.39. The summed E-state index contributed by atoms with van der Waals surface area (Å²) in [5, 5.41) is 13.8. The summed E-state index contributed by atoms with van der Waals surface area (Å²) >= 11 is 0. The molecule has 2 bridgehead atoms. The molecular formula is C21H19N5O2. The maximum atomic E-state index is 6.22. The van der Waals surface area contributed by atoms with Crippen LogP contribution in [-0.4, -0.2) is 24.8 Å². The van der Waals surface area contributed by atoms with Crippen LogP contribution in [0.1, 0.15) is 54.3 Å². The summed E-state index contributed by atoms with van der Waals surface area (Å²) in [6.07, 6.45) is 9.86. The average Bonchev–Trinajstić information content (AvgIpc) is 3.43. The molecule has 7 rings (SSSR count). The van der Waals surface area contributed by atoms with Gasteiger partial charge in [0.2, 0.25) is 5.88 Å². The third-order valence-corrected chi connectivity index (χ3v) is 6.00. The molecule has 0 saturated heterocycles. The molecule has 3 aliphatic rings. The quantitative estimate of drug-likeness (QED) is 0.536. The maximum Gasteiger partial charge on any atom is 0.236 e. The molecule has 1 fully saturated rings. The summed E-state index contributed by atoms with van der Waals surface area (Å²) < 4.78 is 13.3. The number of furan rings is 1. The number of nitrogens with zero attached hydrogens (tertiary/aromatic N) is 5. The summed E-state index contributed by atoms with van der Waals surface area (Å²) in [5.74, 6) is 2.36. The molecule has 1 saturated carbocycles. The van der Waals surface area contributed by atoms with Crippen molar-refractivity contribution in [3.63, 3.8) is 0 Å². The molecule has 7 heteroatoms. The van der Waals surface area contributed by atoms with Gasteiger partial charge in [0.05, 0.1) is 17.5 Å². The van der Waals surface area contributed by atoms with Gasteiger partial charge < -0.3 is 9.15 Å². The molecule has 0 aromatic carbocycles. The molecule has 4 aromatic heterocycles. The second-order valence-corrected chi connectivity index (χ2v) is 7.56. The first-order valence-corrected chi connectivity index (χ1v) is 9.73. The lowest BCUT2D eigenvalue weighted by Gasteiger charge is -2.38. The van der Waals surface area contributed by atoms with Gasteiger partial charge in [-0.05, 0) is 55.7 Å². The Balaban J connectivity index is 1.52. The molecule has 4 aromatic rings. The highest BCUT2D eigenvalue weighted by molar-refractivity contribution is 5.64. The molecule has 0 radical (unpaired) electrons. The van der Waals surface area contributed by atoms with Gasteiger partial charge >= 0.3 is 0 Å². The highest BCUT2D eigenvalue weighted by Crippen LogP contribution is 2.53. The molecule has 0 unspecified atom stereocenters. The number of ether oxygens (including phenoxy) is 1. The lowest BCUT2D eigenvalue weighted by atomic mass is 9.67. The first kappa shape index (κ1) is 15.8. The van der Waals surface area contributed by atoms with E-state index < -0.39 is 0 Å². The Bertz CT molecular complexity index is 1130. The van der Waals surface area contributed by atoms with Gasteiger partial charge in [-0.3, -0.25) is 4.98 Å². The van der Waals surface area contributed by atoms with Gasteiger partial charge in [0.15, 0.2) is 11.5 Å². The molecular weight excluding hydrogens is 354 g/mol. The van der Waals surface area contributed by atoms with Crippen molar-refractivity contribution in [2.45, 2.75) is 44.1 Å². The summed E-state index contributed by atoms with van der Waals surface area (Å²) in [7, 11) is 0. The topological polar surface area (TPSA) is 78.3 Å². The molecule has 0 N–H and O–H groups in total. The molecule has 0 amide bonds. The van der Waals surface area contributed by atoms with E-state index in [2.05, 4.69) is 15.2 Å². The third-order valence-electron chi connectivity index (χ3n) is 6.00. The predicted octanol–water partition coefficient (Wildman–Crippen LogP) is 4.11. The second kappa shape index (κ2) is 6.15. The summed E-state index contributed by atoms with van der Waals surface area (Å²) in [6, 6.07) is 7.71. The molecule has 7 nitrogen and oxygen atoms in total. The summed E-state index contributed by atoms with van der Waals surface area (Å²) in [4.78, 5) is 4.37. The zero-order chi connectivity index (χ0) is 18.5. The van der Waals surface area contributed by atoms with Crippen LogP contribution in [0.5, 0.6) is 5.88 Å². The largest absolute Gasteiger partial charge is 0.472 e. The number of aromatic nitrogens is 5. The van der Waals surface area contributed by atoms with Crippen LogP contribution in [0.3, 0.4) is 0 Å². The Labute approximate surface area is 161 Å². The minimum Gasteiger partial charge on any atom is -0.472 e. The Morgan fingerprint density at radius 2 is 1.89 bits per heavy atom. The minimum atomic E-state index is 0.395. The van der Waals surface area contributed by atoms with Gasteiger partial charge in [-0.1, -0.05) is 6.07 Å². The van der Waals surface area contributed by atoms with Crippen molar-refractivity contribution >= 4 is 5.65 Å². The van der Waals surface area contributed by atoms with E-state index >= 15 is 0 Å². The zero-order valence-corrected chi connectivity index (χ0v) is 15.3. The van der Waals surface area contributed by atoms with Crippen molar-refractivity contribution in [3.05, 3.63) is 59.8 Å². The number of pyridine rings is 1. The van der Waals surface area contributed by atoms with Crippen LogP contribution >= 0.6 is 0 Å². The fraction of sp³-hybridized carbons (Fsp3) is 0.333. The van der Waals surface area contributed by atoms with Gasteiger partial charge in [-0.2, -0.15) is 4.52 Å². The third kappa shape index (κ3) is 2.35. The monoisotopic (exact) mass is 373 g/mol. The Kier molecular flexibility index (Phi) is 3.47. The highest BCUT2D eigenvalue weighted by atomic mass is 16.5. The SMILES string of the molecule is c1ccc(COc2nn3c(-c4ccoc4)nnc3c3c2C2CCC3CC2)nc1. The predicted molar refractivity (Wildman–Crippen MR) is 101 cm³/mol. The molecule has 3 aliphatic carbocycles. The van der Waals surface area contributed by atoms with E-state index in [1.165, 1.54) is 36.8 Å².